The van der Waals surface area contributed by atoms with Gasteiger partial charge in [-0.15, -0.1) is 5.10 Å². The molecule has 1 aliphatic carbocycles. The molecule has 2 heterocycles. The highest BCUT2D eigenvalue weighted by Gasteiger charge is 2.25. The van der Waals surface area contributed by atoms with Gasteiger partial charge >= 0.3 is 0 Å². The van der Waals surface area contributed by atoms with E-state index in [-0.39, 0.29) is 5.78 Å². The molecule has 2 aromatic rings. The fourth-order valence-electron chi connectivity index (χ4n) is 2.42. The molecule has 0 aliphatic heterocycles. The number of rotatable bonds is 4. The Labute approximate surface area is 122 Å². The van der Waals surface area contributed by atoms with Crippen molar-refractivity contribution in [1.82, 2.24) is 19.6 Å². The van der Waals surface area contributed by atoms with Crippen molar-refractivity contribution in [2.75, 3.05) is 5.75 Å². The minimum atomic E-state index is 0.170. The van der Waals surface area contributed by atoms with E-state index in [4.69, 9.17) is 0 Å². The van der Waals surface area contributed by atoms with Crippen molar-refractivity contribution < 1.29 is 4.79 Å². The molecule has 2 aromatic heterocycles. The van der Waals surface area contributed by atoms with E-state index in [0.717, 1.165) is 29.4 Å². The summed E-state index contributed by atoms with van der Waals surface area (Å²) in [7, 11) is 0. The molecule has 0 amide bonds. The lowest BCUT2D eigenvalue weighted by Gasteiger charge is -2.18. The van der Waals surface area contributed by atoms with Crippen molar-refractivity contribution in [3.05, 3.63) is 17.5 Å². The third-order valence-electron chi connectivity index (χ3n) is 3.50. The van der Waals surface area contributed by atoms with Crippen molar-refractivity contribution in [2.24, 2.45) is 5.92 Å². The van der Waals surface area contributed by atoms with Crippen LogP contribution >= 0.6 is 11.8 Å². The van der Waals surface area contributed by atoms with Crippen LogP contribution in [0.2, 0.25) is 0 Å². The van der Waals surface area contributed by atoms with E-state index in [0.29, 0.717) is 23.7 Å². The van der Waals surface area contributed by atoms with Gasteiger partial charge in [-0.05, 0) is 18.8 Å². The van der Waals surface area contributed by atoms with Crippen LogP contribution in [0, 0.1) is 5.92 Å². The van der Waals surface area contributed by atoms with Gasteiger partial charge in [0.05, 0.1) is 11.3 Å². The second-order valence-corrected chi connectivity index (χ2v) is 6.44. The van der Waals surface area contributed by atoms with E-state index < -0.39 is 0 Å². The highest BCUT2D eigenvalue weighted by molar-refractivity contribution is 7.99. The molecule has 6 heteroatoms. The summed E-state index contributed by atoms with van der Waals surface area (Å²) in [6, 6.07) is 0. The second-order valence-electron chi connectivity index (χ2n) is 5.38. The number of ketones is 1. The second kappa shape index (κ2) is 5.52. The van der Waals surface area contributed by atoms with E-state index in [2.05, 4.69) is 28.9 Å². The van der Waals surface area contributed by atoms with Crippen LogP contribution in [-0.2, 0) is 6.42 Å². The molecule has 0 aromatic carbocycles. The van der Waals surface area contributed by atoms with E-state index in [1.165, 1.54) is 6.42 Å². The zero-order valence-corrected chi connectivity index (χ0v) is 12.6. The first-order valence-corrected chi connectivity index (χ1v) is 8.08. The van der Waals surface area contributed by atoms with Crippen molar-refractivity contribution in [2.45, 2.75) is 44.7 Å². The summed E-state index contributed by atoms with van der Waals surface area (Å²) in [4.78, 5) is 21.0. The fourth-order valence-corrected chi connectivity index (χ4v) is 3.33. The number of hydrogen-bond acceptors (Lipinski definition) is 5. The summed E-state index contributed by atoms with van der Waals surface area (Å²) in [6.45, 7) is 4.25. The first-order chi connectivity index (χ1) is 9.67. The molecule has 1 atom stereocenters. The van der Waals surface area contributed by atoms with Gasteiger partial charge in [-0.2, -0.15) is 4.98 Å². The third-order valence-corrected chi connectivity index (χ3v) is 4.42. The maximum atomic E-state index is 12.1. The fraction of sp³-hybridized carbons (Fsp3) is 0.571. The molecule has 0 bridgehead atoms. The molecular weight excluding hydrogens is 272 g/mol. The molecule has 1 unspecified atom stereocenters. The minimum Gasteiger partial charge on any atom is -0.294 e. The molecule has 0 spiro atoms. The number of carbonyl (C=O) groups excluding carboxylic acids is 1. The van der Waals surface area contributed by atoms with Gasteiger partial charge in [0.2, 0.25) is 5.16 Å². The van der Waals surface area contributed by atoms with Gasteiger partial charge in [0.15, 0.2) is 5.78 Å². The molecule has 20 heavy (non-hydrogen) atoms. The number of nitrogens with zero attached hydrogens (tertiary/aromatic N) is 4. The van der Waals surface area contributed by atoms with Crippen molar-refractivity contribution in [3.63, 3.8) is 0 Å². The summed E-state index contributed by atoms with van der Waals surface area (Å²) < 4.78 is 1.64. The lowest BCUT2D eigenvalue weighted by molar-refractivity contribution is 0.0951. The highest BCUT2D eigenvalue weighted by Crippen LogP contribution is 2.24. The molecule has 5 nitrogen and oxygen atoms in total. The third kappa shape index (κ3) is 2.57. The Morgan fingerprint density at radius 2 is 2.25 bits per heavy atom. The summed E-state index contributed by atoms with van der Waals surface area (Å²) in [6.07, 6.45) is 5.57. The van der Waals surface area contributed by atoms with E-state index >= 15 is 0 Å². The minimum absolute atomic E-state index is 0.170. The largest absolute Gasteiger partial charge is 0.294 e. The number of carbonyl (C=O) groups is 1. The number of fused-ring (bicyclic) bond motifs is 2. The van der Waals surface area contributed by atoms with E-state index in [9.17, 15) is 4.79 Å². The van der Waals surface area contributed by atoms with Crippen LogP contribution in [0.15, 0.2) is 11.4 Å². The van der Waals surface area contributed by atoms with Crippen LogP contribution in [0.25, 0.3) is 5.78 Å². The van der Waals surface area contributed by atoms with Gasteiger partial charge in [0.25, 0.3) is 5.78 Å². The number of hydrogen-bond donors (Lipinski definition) is 0. The quantitative estimate of drug-likeness (QED) is 0.640. The van der Waals surface area contributed by atoms with Crippen LogP contribution in [0.3, 0.4) is 0 Å². The number of Topliss-reactive ketones (excluding diaryl/α,β-unsaturated/α-hetero) is 1. The lowest BCUT2D eigenvalue weighted by Crippen LogP contribution is -2.20. The molecule has 0 N–H and O–H groups in total. The van der Waals surface area contributed by atoms with Crippen molar-refractivity contribution in [3.8, 4) is 0 Å². The van der Waals surface area contributed by atoms with Gasteiger partial charge in [-0.1, -0.05) is 32.0 Å². The standard InChI is InChI=1S/C14H18N4OS/c1-3-4-5-20-14-16-13-15-11-6-9(2)7-12(19)10(11)8-18(13)17-14/h8-9H,3-7H2,1-2H3. The van der Waals surface area contributed by atoms with Gasteiger partial charge in [-0.25, -0.2) is 9.50 Å². The summed E-state index contributed by atoms with van der Waals surface area (Å²) in [5.41, 5.74) is 1.59. The normalized spacial score (nSPS) is 18.5. The average Bonchev–Trinajstić information content (AvgIpc) is 2.78. The first kappa shape index (κ1) is 13.5. The average molecular weight is 290 g/mol. The Morgan fingerprint density at radius 1 is 1.40 bits per heavy atom. The van der Waals surface area contributed by atoms with Crippen LogP contribution in [0.5, 0.6) is 0 Å². The lowest BCUT2D eigenvalue weighted by atomic mass is 9.88. The predicted octanol–water partition coefficient (Wildman–Crippen LogP) is 2.78. The van der Waals surface area contributed by atoms with Gasteiger partial charge < -0.3 is 0 Å². The van der Waals surface area contributed by atoms with Crippen LogP contribution in [0.4, 0.5) is 0 Å². The number of thioether (sulfide) groups is 1. The molecule has 1 aliphatic rings. The Kier molecular flexibility index (Phi) is 3.74. The van der Waals surface area contributed by atoms with Crippen molar-refractivity contribution >= 4 is 23.3 Å². The molecule has 3 rings (SSSR count). The Bertz CT molecular complexity index is 652. The predicted molar refractivity (Wildman–Crippen MR) is 78.2 cm³/mol. The van der Waals surface area contributed by atoms with Gasteiger partial charge in [-0.3, -0.25) is 4.79 Å². The van der Waals surface area contributed by atoms with Crippen LogP contribution < -0.4 is 0 Å². The topological polar surface area (TPSA) is 60.1 Å². The van der Waals surface area contributed by atoms with Gasteiger partial charge in [0.1, 0.15) is 0 Å². The number of unbranched alkanes of at least 4 members (excludes halogenated alkanes) is 1. The van der Waals surface area contributed by atoms with E-state index in [1.807, 2.05) is 0 Å². The van der Waals surface area contributed by atoms with Gasteiger partial charge in [0, 0.05) is 18.4 Å². The zero-order chi connectivity index (χ0) is 14.1. The molecule has 0 fully saturated rings. The summed E-state index contributed by atoms with van der Waals surface area (Å²) >= 11 is 1.65. The molecule has 0 saturated heterocycles. The van der Waals surface area contributed by atoms with E-state index in [1.54, 1.807) is 22.5 Å². The zero-order valence-electron chi connectivity index (χ0n) is 11.8. The maximum absolute atomic E-state index is 12.1. The molecule has 0 radical (unpaired) electrons. The maximum Gasteiger partial charge on any atom is 0.253 e. The van der Waals surface area contributed by atoms with Crippen molar-refractivity contribution in [1.29, 1.82) is 0 Å². The molecular formula is C14H18N4OS. The first-order valence-electron chi connectivity index (χ1n) is 7.09. The Hall–Kier alpha value is -1.43. The van der Waals surface area contributed by atoms with Crippen LogP contribution in [-0.4, -0.2) is 31.1 Å². The smallest absolute Gasteiger partial charge is 0.253 e. The summed E-state index contributed by atoms with van der Waals surface area (Å²) in [5, 5.41) is 5.14. The molecule has 106 valence electrons. The van der Waals surface area contributed by atoms with Crippen LogP contribution in [0.1, 0.15) is 49.2 Å². The Morgan fingerprint density at radius 3 is 3.05 bits per heavy atom. The monoisotopic (exact) mass is 290 g/mol. The summed E-state index contributed by atoms with van der Waals surface area (Å²) in [5.74, 6) is 2.16. The number of aromatic nitrogens is 4. The Balaban J connectivity index is 1.93. The SMILES string of the molecule is CCCCSc1nc2nc3c(cn2n1)C(=O)CC(C)C3. The molecule has 0 saturated carbocycles. The highest BCUT2D eigenvalue weighted by atomic mass is 32.2.